The molecule has 2 heterocycles. The van der Waals surface area contributed by atoms with Crippen molar-refractivity contribution < 1.29 is 13.2 Å². The van der Waals surface area contributed by atoms with Gasteiger partial charge in [0.2, 0.25) is 15.9 Å². The van der Waals surface area contributed by atoms with Gasteiger partial charge >= 0.3 is 0 Å². The molecule has 0 aliphatic carbocycles. The van der Waals surface area contributed by atoms with Gasteiger partial charge in [0, 0.05) is 18.0 Å². The van der Waals surface area contributed by atoms with Crippen molar-refractivity contribution in [2.45, 2.75) is 17.4 Å². The van der Waals surface area contributed by atoms with Crippen LogP contribution in [0.3, 0.4) is 0 Å². The minimum absolute atomic E-state index is 0.216. The van der Waals surface area contributed by atoms with Crippen molar-refractivity contribution in [2.75, 3.05) is 13.1 Å². The molecule has 0 amide bonds. The van der Waals surface area contributed by atoms with E-state index in [2.05, 4.69) is 4.98 Å². The summed E-state index contributed by atoms with van der Waals surface area (Å²) >= 11 is 0. The van der Waals surface area contributed by atoms with Gasteiger partial charge in [0.1, 0.15) is 6.10 Å². The molecule has 31 heavy (non-hydrogen) atoms. The van der Waals surface area contributed by atoms with Crippen LogP contribution < -0.4 is 4.74 Å². The SMILES string of the molecule is O=S(=O)(c1ccc(-c2ccccc2)cc1)N1CCC(Oc2ccc3ccccc3n2)C1. The lowest BCUT2D eigenvalue weighted by Gasteiger charge is -2.17. The lowest BCUT2D eigenvalue weighted by Crippen LogP contribution is -2.31. The number of rotatable bonds is 5. The number of hydrogen-bond acceptors (Lipinski definition) is 4. The fraction of sp³-hybridized carbons (Fsp3) is 0.160. The average Bonchev–Trinajstić information content (AvgIpc) is 3.29. The van der Waals surface area contributed by atoms with Crippen LogP contribution in [-0.4, -0.2) is 36.9 Å². The number of nitrogens with zero attached hydrogens (tertiary/aromatic N) is 2. The van der Waals surface area contributed by atoms with Crippen LogP contribution in [0.2, 0.25) is 0 Å². The van der Waals surface area contributed by atoms with Gasteiger partial charge in [0.15, 0.2) is 0 Å². The Morgan fingerprint density at radius 2 is 1.52 bits per heavy atom. The van der Waals surface area contributed by atoms with Crippen molar-refractivity contribution >= 4 is 20.9 Å². The summed E-state index contributed by atoms with van der Waals surface area (Å²) in [6.45, 7) is 0.748. The average molecular weight is 431 g/mol. The number of fused-ring (bicyclic) bond motifs is 1. The lowest BCUT2D eigenvalue weighted by molar-refractivity contribution is 0.207. The number of sulfonamides is 1. The Bertz CT molecular complexity index is 1310. The highest BCUT2D eigenvalue weighted by molar-refractivity contribution is 7.89. The topological polar surface area (TPSA) is 59.5 Å². The molecule has 1 aromatic heterocycles. The van der Waals surface area contributed by atoms with Gasteiger partial charge in [-0.05, 0) is 41.8 Å². The quantitative estimate of drug-likeness (QED) is 0.459. The van der Waals surface area contributed by atoms with Crippen molar-refractivity contribution in [1.29, 1.82) is 0 Å². The van der Waals surface area contributed by atoms with E-state index in [1.54, 1.807) is 12.1 Å². The maximum atomic E-state index is 13.1. The molecular weight excluding hydrogens is 408 g/mol. The zero-order valence-electron chi connectivity index (χ0n) is 16.9. The molecule has 3 aromatic carbocycles. The van der Waals surface area contributed by atoms with Crippen LogP contribution in [0.15, 0.2) is 95.9 Å². The molecule has 6 heteroatoms. The number of hydrogen-bond donors (Lipinski definition) is 0. The van der Waals surface area contributed by atoms with Gasteiger partial charge in [-0.1, -0.05) is 60.7 Å². The fourth-order valence-electron chi connectivity index (χ4n) is 3.89. The van der Waals surface area contributed by atoms with Crippen molar-refractivity contribution in [1.82, 2.24) is 9.29 Å². The van der Waals surface area contributed by atoms with E-state index in [0.29, 0.717) is 30.3 Å². The van der Waals surface area contributed by atoms with Crippen molar-refractivity contribution in [2.24, 2.45) is 0 Å². The Kier molecular flexibility index (Phi) is 5.18. The molecule has 1 atom stereocenters. The number of ether oxygens (including phenoxy) is 1. The van der Waals surface area contributed by atoms with Gasteiger partial charge in [0.25, 0.3) is 0 Å². The second-order valence-corrected chi connectivity index (χ2v) is 9.56. The van der Waals surface area contributed by atoms with E-state index in [0.717, 1.165) is 22.0 Å². The van der Waals surface area contributed by atoms with E-state index in [-0.39, 0.29) is 6.10 Å². The lowest BCUT2D eigenvalue weighted by atomic mass is 10.1. The molecule has 1 fully saturated rings. The van der Waals surface area contributed by atoms with Crippen molar-refractivity contribution in [3.63, 3.8) is 0 Å². The third kappa shape index (κ3) is 4.04. The molecule has 0 radical (unpaired) electrons. The number of pyridine rings is 1. The summed E-state index contributed by atoms with van der Waals surface area (Å²) in [5.74, 6) is 0.523. The van der Waals surface area contributed by atoms with Crippen molar-refractivity contribution in [3.05, 3.63) is 91.0 Å². The molecule has 1 aliphatic heterocycles. The first kappa shape index (κ1) is 19.7. The Balaban J connectivity index is 1.29. The summed E-state index contributed by atoms with van der Waals surface area (Å²) in [4.78, 5) is 4.83. The maximum absolute atomic E-state index is 13.1. The summed E-state index contributed by atoms with van der Waals surface area (Å²) < 4.78 is 33.7. The predicted octanol–water partition coefficient (Wildman–Crippen LogP) is 4.74. The summed E-state index contributed by atoms with van der Waals surface area (Å²) in [6, 6.07) is 28.6. The minimum atomic E-state index is -3.56. The number of benzene rings is 3. The molecule has 0 spiro atoms. The van der Waals surface area contributed by atoms with E-state index in [9.17, 15) is 8.42 Å². The molecule has 0 saturated carbocycles. The zero-order chi connectivity index (χ0) is 21.3. The predicted molar refractivity (Wildman–Crippen MR) is 121 cm³/mol. The Morgan fingerprint density at radius 3 is 2.32 bits per heavy atom. The second-order valence-electron chi connectivity index (χ2n) is 7.62. The highest BCUT2D eigenvalue weighted by Crippen LogP contribution is 2.26. The molecule has 156 valence electrons. The molecule has 1 unspecified atom stereocenters. The van der Waals surface area contributed by atoms with Crippen LogP contribution in [-0.2, 0) is 10.0 Å². The molecular formula is C25H22N2O3S. The number of para-hydroxylation sites is 1. The first-order valence-electron chi connectivity index (χ1n) is 10.3. The van der Waals surface area contributed by atoms with Crippen LogP contribution in [0.4, 0.5) is 0 Å². The van der Waals surface area contributed by atoms with Gasteiger partial charge in [-0.15, -0.1) is 0 Å². The van der Waals surface area contributed by atoms with Crippen LogP contribution in [0.1, 0.15) is 6.42 Å². The normalized spacial score (nSPS) is 17.1. The van der Waals surface area contributed by atoms with E-state index in [1.807, 2.05) is 78.9 Å². The third-order valence-corrected chi connectivity index (χ3v) is 7.45. The highest BCUT2D eigenvalue weighted by Gasteiger charge is 2.33. The first-order valence-corrected chi connectivity index (χ1v) is 11.7. The summed E-state index contributed by atoms with van der Waals surface area (Å²) in [5.41, 5.74) is 2.91. The van der Waals surface area contributed by atoms with Gasteiger partial charge in [0.05, 0.1) is 17.0 Å². The molecule has 1 saturated heterocycles. The van der Waals surface area contributed by atoms with Crippen LogP contribution in [0.25, 0.3) is 22.0 Å². The molecule has 5 rings (SSSR count). The van der Waals surface area contributed by atoms with Crippen LogP contribution in [0.5, 0.6) is 5.88 Å². The molecule has 4 aromatic rings. The maximum Gasteiger partial charge on any atom is 0.243 e. The molecule has 0 N–H and O–H groups in total. The van der Waals surface area contributed by atoms with E-state index in [1.165, 1.54) is 4.31 Å². The monoisotopic (exact) mass is 430 g/mol. The number of aromatic nitrogens is 1. The standard InChI is InChI=1S/C25H22N2O3S/c28-31(29,23-13-10-20(11-14-23)19-6-2-1-3-7-19)27-17-16-22(18-27)30-25-15-12-21-8-4-5-9-24(21)26-25/h1-15,22H,16-18H2. The van der Waals surface area contributed by atoms with Crippen LogP contribution >= 0.6 is 0 Å². The van der Waals surface area contributed by atoms with E-state index in [4.69, 9.17) is 4.74 Å². The largest absolute Gasteiger partial charge is 0.473 e. The summed E-state index contributed by atoms with van der Waals surface area (Å²) in [7, 11) is -3.56. The summed E-state index contributed by atoms with van der Waals surface area (Å²) in [6.07, 6.45) is 0.419. The molecule has 5 nitrogen and oxygen atoms in total. The Morgan fingerprint density at radius 1 is 0.806 bits per heavy atom. The van der Waals surface area contributed by atoms with Gasteiger partial charge in [-0.3, -0.25) is 0 Å². The van der Waals surface area contributed by atoms with Gasteiger partial charge in [-0.2, -0.15) is 4.31 Å². The zero-order valence-corrected chi connectivity index (χ0v) is 17.7. The van der Waals surface area contributed by atoms with E-state index < -0.39 is 10.0 Å². The third-order valence-electron chi connectivity index (χ3n) is 5.57. The Labute approximate surface area is 182 Å². The molecule has 1 aliphatic rings. The van der Waals surface area contributed by atoms with Gasteiger partial charge in [-0.25, -0.2) is 13.4 Å². The van der Waals surface area contributed by atoms with Crippen molar-refractivity contribution in [3.8, 4) is 17.0 Å². The van der Waals surface area contributed by atoms with Gasteiger partial charge < -0.3 is 4.74 Å². The van der Waals surface area contributed by atoms with E-state index >= 15 is 0 Å². The highest BCUT2D eigenvalue weighted by atomic mass is 32.2. The Hall–Kier alpha value is -3.22. The first-order chi connectivity index (χ1) is 15.1. The fourth-order valence-corrected chi connectivity index (χ4v) is 5.38. The minimum Gasteiger partial charge on any atom is -0.473 e. The summed E-state index contributed by atoms with van der Waals surface area (Å²) in [5, 5.41) is 1.05. The van der Waals surface area contributed by atoms with Crippen LogP contribution in [0, 0.1) is 0 Å². The molecule has 0 bridgehead atoms. The smallest absolute Gasteiger partial charge is 0.243 e. The second kappa shape index (κ2) is 8.13.